The molecule has 5 rings (SSSR count). The molecule has 0 N–H and O–H groups in total. The number of nitrogens with zero attached hydrogens (tertiary/aromatic N) is 3. The lowest BCUT2D eigenvalue weighted by Gasteiger charge is -2.52. The number of piperidine rings is 1. The molecule has 0 unspecified atom stereocenters. The molecule has 1 aliphatic carbocycles. The van der Waals surface area contributed by atoms with Gasteiger partial charge in [-0.15, -0.1) is 0 Å². The minimum absolute atomic E-state index is 0.00327. The lowest BCUT2D eigenvalue weighted by molar-refractivity contribution is -0.178. The van der Waals surface area contributed by atoms with Crippen molar-refractivity contribution in [3.63, 3.8) is 0 Å². The molecule has 164 valence electrons. The van der Waals surface area contributed by atoms with Gasteiger partial charge in [0.15, 0.2) is 6.10 Å². The van der Waals surface area contributed by atoms with Gasteiger partial charge in [-0.25, -0.2) is 8.42 Å². The van der Waals surface area contributed by atoms with Gasteiger partial charge < -0.3 is 9.64 Å². The Morgan fingerprint density at radius 3 is 2.45 bits per heavy atom. The molecule has 0 saturated carbocycles. The van der Waals surface area contributed by atoms with Crippen molar-refractivity contribution in [1.29, 1.82) is 0 Å². The summed E-state index contributed by atoms with van der Waals surface area (Å²) in [7, 11) is -1.96. The number of methoxy groups -OCH3 is 1. The molecule has 2 saturated heterocycles. The minimum atomic E-state index is -3.52. The average Bonchev–Trinajstić information content (AvgIpc) is 3.27. The monoisotopic (exact) mass is 441 g/mol. The van der Waals surface area contributed by atoms with E-state index in [1.807, 2.05) is 29.2 Å². The number of aryl methyl sites for hydroxylation is 2. The number of rotatable bonds is 5. The van der Waals surface area contributed by atoms with Crippen molar-refractivity contribution in [2.45, 2.75) is 55.2 Å². The molecule has 1 aromatic carbocycles. The van der Waals surface area contributed by atoms with Crippen LogP contribution < -0.4 is 0 Å². The number of β-lactam (4-membered cyclic amide) rings is 1. The molecule has 8 heteroatoms. The number of benzene rings is 1. The maximum atomic E-state index is 13.2. The fourth-order valence-corrected chi connectivity index (χ4v) is 6.75. The van der Waals surface area contributed by atoms with Crippen LogP contribution in [0.1, 0.15) is 42.0 Å². The molecule has 1 aromatic heterocycles. The van der Waals surface area contributed by atoms with Crippen molar-refractivity contribution in [2.24, 2.45) is 0 Å². The van der Waals surface area contributed by atoms with E-state index in [1.165, 1.54) is 5.56 Å². The predicted octanol–water partition coefficient (Wildman–Crippen LogP) is 2.32. The summed E-state index contributed by atoms with van der Waals surface area (Å²) in [5.74, 6) is -0.0239. The third kappa shape index (κ3) is 3.46. The van der Waals surface area contributed by atoms with Gasteiger partial charge in [0.25, 0.3) is 5.91 Å². The molecule has 2 aromatic rings. The van der Waals surface area contributed by atoms with Crippen LogP contribution in [0.2, 0.25) is 0 Å². The number of ether oxygens (including phenoxy) is 1. The van der Waals surface area contributed by atoms with E-state index < -0.39 is 16.1 Å². The van der Waals surface area contributed by atoms with Gasteiger partial charge in [-0.3, -0.25) is 9.78 Å². The quantitative estimate of drug-likeness (QED) is 0.666. The maximum Gasteiger partial charge on any atom is 0.255 e. The highest BCUT2D eigenvalue weighted by atomic mass is 32.2. The number of amides is 1. The number of hydrogen-bond acceptors (Lipinski definition) is 5. The lowest BCUT2D eigenvalue weighted by Crippen LogP contribution is -2.64. The van der Waals surface area contributed by atoms with Crippen molar-refractivity contribution < 1.29 is 17.9 Å². The molecule has 3 heterocycles. The zero-order chi connectivity index (χ0) is 21.6. The fourth-order valence-electron chi connectivity index (χ4n) is 5.23. The van der Waals surface area contributed by atoms with Gasteiger partial charge in [0, 0.05) is 38.6 Å². The first kappa shape index (κ1) is 20.6. The molecule has 0 bridgehead atoms. The van der Waals surface area contributed by atoms with Crippen LogP contribution in [0, 0.1) is 0 Å². The number of hydrogen-bond donors (Lipinski definition) is 0. The van der Waals surface area contributed by atoms with Crippen LogP contribution in [0.15, 0.2) is 47.6 Å². The molecule has 0 spiro atoms. The Balaban J connectivity index is 1.30. The summed E-state index contributed by atoms with van der Waals surface area (Å²) in [4.78, 5) is 19.1. The molecule has 2 aliphatic heterocycles. The third-order valence-corrected chi connectivity index (χ3v) is 8.81. The smallest absolute Gasteiger partial charge is 0.255 e. The Morgan fingerprint density at radius 2 is 1.74 bits per heavy atom. The Bertz CT molecular complexity index is 1080. The van der Waals surface area contributed by atoms with Gasteiger partial charge >= 0.3 is 0 Å². The van der Waals surface area contributed by atoms with Gasteiger partial charge in [0.1, 0.15) is 0 Å². The Morgan fingerprint density at radius 1 is 1.03 bits per heavy atom. The fraction of sp³-hybridized carbons (Fsp3) is 0.478. The summed E-state index contributed by atoms with van der Waals surface area (Å²) >= 11 is 0. The molecule has 2 atom stereocenters. The van der Waals surface area contributed by atoms with Crippen LogP contribution in [0.25, 0.3) is 0 Å². The van der Waals surface area contributed by atoms with Crippen molar-refractivity contribution in [1.82, 2.24) is 14.2 Å². The van der Waals surface area contributed by atoms with Gasteiger partial charge in [-0.2, -0.15) is 4.31 Å². The molecule has 1 amide bonds. The van der Waals surface area contributed by atoms with E-state index in [0.29, 0.717) is 30.8 Å². The van der Waals surface area contributed by atoms with Crippen molar-refractivity contribution in [2.75, 3.05) is 20.2 Å². The van der Waals surface area contributed by atoms with E-state index in [0.717, 1.165) is 30.4 Å². The highest BCUT2D eigenvalue weighted by Gasteiger charge is 2.52. The van der Waals surface area contributed by atoms with E-state index in [1.54, 1.807) is 29.9 Å². The minimum Gasteiger partial charge on any atom is -0.369 e. The first-order valence-corrected chi connectivity index (χ1v) is 12.3. The Labute approximate surface area is 183 Å². The summed E-state index contributed by atoms with van der Waals surface area (Å²) in [6, 6.07) is 9.23. The van der Waals surface area contributed by atoms with E-state index in [2.05, 4.69) is 4.98 Å². The maximum absolute atomic E-state index is 13.2. The number of aromatic nitrogens is 1. The molecule has 2 fully saturated rings. The number of likely N-dealkylation sites (tertiary alicyclic amines) is 1. The number of pyridine rings is 1. The van der Waals surface area contributed by atoms with Crippen LogP contribution >= 0.6 is 0 Å². The van der Waals surface area contributed by atoms with Crippen LogP contribution in [0.5, 0.6) is 0 Å². The van der Waals surface area contributed by atoms with E-state index >= 15 is 0 Å². The van der Waals surface area contributed by atoms with Gasteiger partial charge in [0.05, 0.1) is 10.9 Å². The predicted molar refractivity (Wildman–Crippen MR) is 115 cm³/mol. The SMILES string of the molecule is CO[C@H]1C(=O)N(C2CCN(S(=O)(=O)c3ccc4c(c3)CCC4)CC2)[C@H]1c1ccncc1. The van der Waals surface area contributed by atoms with Crippen molar-refractivity contribution >= 4 is 15.9 Å². The topological polar surface area (TPSA) is 79.8 Å². The summed E-state index contributed by atoms with van der Waals surface area (Å²) in [6.07, 6.45) is 7.26. The highest BCUT2D eigenvalue weighted by molar-refractivity contribution is 7.89. The summed E-state index contributed by atoms with van der Waals surface area (Å²) in [6.45, 7) is 0.823. The van der Waals surface area contributed by atoms with E-state index in [-0.39, 0.29) is 18.0 Å². The molecule has 3 aliphatic rings. The number of fused-ring (bicyclic) bond motifs is 1. The van der Waals surface area contributed by atoms with Gasteiger partial charge in [-0.1, -0.05) is 6.07 Å². The first-order valence-electron chi connectivity index (χ1n) is 10.9. The molecular formula is C23H27N3O4S. The van der Waals surface area contributed by atoms with E-state index in [4.69, 9.17) is 4.74 Å². The van der Waals surface area contributed by atoms with Crippen LogP contribution in [0.4, 0.5) is 0 Å². The van der Waals surface area contributed by atoms with Crippen molar-refractivity contribution in [3.05, 3.63) is 59.4 Å². The first-order chi connectivity index (χ1) is 15.0. The zero-order valence-electron chi connectivity index (χ0n) is 17.6. The molecule has 0 radical (unpaired) electrons. The average molecular weight is 442 g/mol. The van der Waals surface area contributed by atoms with Gasteiger partial charge in [-0.05, 0) is 73.1 Å². The highest BCUT2D eigenvalue weighted by Crippen LogP contribution is 2.41. The largest absolute Gasteiger partial charge is 0.369 e. The Kier molecular flexibility index (Phi) is 5.32. The van der Waals surface area contributed by atoms with Gasteiger partial charge in [0.2, 0.25) is 10.0 Å². The molecular weight excluding hydrogens is 414 g/mol. The van der Waals surface area contributed by atoms with E-state index in [9.17, 15) is 13.2 Å². The summed E-state index contributed by atoms with van der Waals surface area (Å²) in [5, 5.41) is 0. The van der Waals surface area contributed by atoms with Crippen LogP contribution in [-0.4, -0.2) is 60.9 Å². The number of carbonyl (C=O) groups excluding carboxylic acids is 1. The zero-order valence-corrected chi connectivity index (χ0v) is 18.4. The lowest BCUT2D eigenvalue weighted by atomic mass is 9.87. The number of sulfonamides is 1. The second-order valence-electron chi connectivity index (χ2n) is 8.55. The molecule has 7 nitrogen and oxygen atoms in total. The summed E-state index contributed by atoms with van der Waals surface area (Å²) < 4.78 is 33.4. The second kappa shape index (κ2) is 8.00. The number of carbonyl (C=O) groups is 1. The normalized spacial score (nSPS) is 24.8. The Hall–Kier alpha value is -2.29. The standard InChI is InChI=1S/C23H27N3O4S/c1-30-22-21(17-7-11-24-12-8-17)26(23(22)27)19-9-13-25(14-10-19)31(28,29)20-6-5-16-3-2-4-18(16)15-20/h5-8,11-12,15,19,21-22H,2-4,9-10,13-14H2,1H3/t21-,22+/m0/s1. The van der Waals surface area contributed by atoms with Crippen LogP contribution in [0.3, 0.4) is 0 Å². The molecule has 31 heavy (non-hydrogen) atoms. The third-order valence-electron chi connectivity index (χ3n) is 6.91. The second-order valence-corrected chi connectivity index (χ2v) is 10.5. The van der Waals surface area contributed by atoms with Crippen molar-refractivity contribution in [3.8, 4) is 0 Å². The van der Waals surface area contributed by atoms with Crippen LogP contribution in [-0.2, 0) is 32.4 Å². The summed E-state index contributed by atoms with van der Waals surface area (Å²) in [5.41, 5.74) is 3.42.